The first-order valence-corrected chi connectivity index (χ1v) is 4.74. The highest BCUT2D eigenvalue weighted by atomic mass is 16.7. The monoisotopic (exact) mass is 238 g/mol. The molecule has 0 saturated heterocycles. The molecule has 0 N–H and O–H groups in total. The predicted molar refractivity (Wildman–Crippen MR) is 54.4 cm³/mol. The summed E-state index contributed by atoms with van der Waals surface area (Å²) in [6.07, 6.45) is -0.776. The number of hydrogen-bond donors (Lipinski definition) is 0. The van der Waals surface area contributed by atoms with Crippen LogP contribution < -0.4 is 9.47 Å². The maximum absolute atomic E-state index is 10.9. The molecule has 1 atom stereocenters. The van der Waals surface area contributed by atoms with Crippen LogP contribution in [0.4, 0.5) is 5.69 Å². The van der Waals surface area contributed by atoms with Gasteiger partial charge in [-0.2, -0.15) is 0 Å². The van der Waals surface area contributed by atoms with Gasteiger partial charge in [0.1, 0.15) is 6.10 Å². The number of ether oxygens (including phenoxy) is 3. The minimum absolute atomic E-state index is 0.0188. The van der Waals surface area contributed by atoms with E-state index in [4.69, 9.17) is 9.47 Å². The highest BCUT2D eigenvalue weighted by Gasteiger charge is 2.26. The first kappa shape index (κ1) is 11.2. The molecule has 0 fully saturated rings. The molecule has 0 saturated carbocycles. The molecule has 0 amide bonds. The van der Waals surface area contributed by atoms with Gasteiger partial charge < -0.3 is 14.2 Å². The molecule has 1 aromatic rings. The van der Waals surface area contributed by atoms with Gasteiger partial charge in [0.05, 0.1) is 16.6 Å². The van der Waals surface area contributed by atoms with E-state index in [1.54, 1.807) is 0 Å². The third-order valence-electron chi connectivity index (χ3n) is 2.38. The van der Waals surface area contributed by atoms with Crippen molar-refractivity contribution in [3.8, 4) is 11.5 Å². The van der Waals surface area contributed by atoms with E-state index < -0.39 is 11.0 Å². The predicted octanol–water partition coefficient (Wildman–Crippen LogP) is 1.47. The number of nitrogens with zero attached hydrogens (tertiary/aromatic N) is 1. The number of carbonyl (C=O) groups excluding carboxylic acids is 1. The second kappa shape index (κ2) is 4.28. The molecule has 0 aromatic heterocycles. The van der Waals surface area contributed by atoms with Gasteiger partial charge in [-0.25, -0.2) is 4.79 Å². The number of rotatable bonds is 4. The van der Waals surface area contributed by atoms with Crippen molar-refractivity contribution in [2.45, 2.75) is 13.0 Å². The Labute approximate surface area is 96.0 Å². The summed E-state index contributed by atoms with van der Waals surface area (Å²) < 4.78 is 14.7. The standard InChI is InChI=1S/C10H8NO6/c1-6(15-4-12)7-2-9-10(17-5-16-9)3-8(7)11(13)14/h2-3,6H,5H2,1H3. The summed E-state index contributed by atoms with van der Waals surface area (Å²) in [5, 5.41) is 10.9. The second-order valence-electron chi connectivity index (χ2n) is 3.36. The number of benzene rings is 1. The Morgan fingerprint density at radius 1 is 1.47 bits per heavy atom. The van der Waals surface area contributed by atoms with Crippen molar-refractivity contribution in [1.29, 1.82) is 0 Å². The fourth-order valence-electron chi connectivity index (χ4n) is 1.57. The van der Waals surface area contributed by atoms with E-state index in [-0.39, 0.29) is 18.0 Å². The highest BCUT2D eigenvalue weighted by Crippen LogP contribution is 2.40. The van der Waals surface area contributed by atoms with E-state index in [1.165, 1.54) is 25.5 Å². The zero-order chi connectivity index (χ0) is 12.4. The molecular weight excluding hydrogens is 230 g/mol. The molecule has 1 aliphatic rings. The summed E-state index contributed by atoms with van der Waals surface area (Å²) in [5.74, 6) is 0.703. The Balaban J connectivity index is 2.48. The molecule has 1 radical (unpaired) electrons. The average molecular weight is 238 g/mol. The van der Waals surface area contributed by atoms with E-state index in [0.717, 1.165) is 0 Å². The van der Waals surface area contributed by atoms with Crippen molar-refractivity contribution in [1.82, 2.24) is 0 Å². The Morgan fingerprint density at radius 2 is 2.12 bits per heavy atom. The minimum atomic E-state index is -0.776. The first-order chi connectivity index (χ1) is 8.13. The lowest BCUT2D eigenvalue weighted by Crippen LogP contribution is -2.03. The van der Waals surface area contributed by atoms with Crippen LogP contribution in [0.1, 0.15) is 18.6 Å². The van der Waals surface area contributed by atoms with Crippen molar-refractivity contribution < 1.29 is 23.9 Å². The van der Waals surface area contributed by atoms with Crippen LogP contribution in [-0.2, 0) is 9.53 Å². The number of fused-ring (bicyclic) bond motifs is 1. The van der Waals surface area contributed by atoms with Crippen LogP contribution in [0.5, 0.6) is 11.5 Å². The molecule has 7 heteroatoms. The van der Waals surface area contributed by atoms with Gasteiger partial charge >= 0.3 is 6.47 Å². The normalized spacial score (nSPS) is 14.2. The van der Waals surface area contributed by atoms with Crippen LogP contribution in [0.3, 0.4) is 0 Å². The summed E-state index contributed by atoms with van der Waals surface area (Å²) in [4.78, 5) is 20.4. The minimum Gasteiger partial charge on any atom is -0.454 e. The molecule has 89 valence electrons. The molecule has 7 nitrogen and oxygen atoms in total. The highest BCUT2D eigenvalue weighted by molar-refractivity contribution is 5.56. The lowest BCUT2D eigenvalue weighted by Gasteiger charge is -2.10. The first-order valence-electron chi connectivity index (χ1n) is 4.74. The molecule has 0 aliphatic carbocycles. The van der Waals surface area contributed by atoms with Crippen LogP contribution >= 0.6 is 0 Å². The van der Waals surface area contributed by atoms with Crippen molar-refractivity contribution in [2.24, 2.45) is 0 Å². The van der Waals surface area contributed by atoms with E-state index >= 15 is 0 Å². The van der Waals surface area contributed by atoms with E-state index in [9.17, 15) is 14.9 Å². The Morgan fingerprint density at radius 3 is 2.71 bits per heavy atom. The lowest BCUT2D eigenvalue weighted by molar-refractivity contribution is -0.386. The zero-order valence-corrected chi connectivity index (χ0v) is 8.84. The smallest absolute Gasteiger partial charge is 0.418 e. The van der Waals surface area contributed by atoms with Gasteiger partial charge in [0.25, 0.3) is 5.69 Å². The van der Waals surface area contributed by atoms with Crippen LogP contribution in [0.2, 0.25) is 0 Å². The van der Waals surface area contributed by atoms with Gasteiger partial charge in [-0.3, -0.25) is 10.1 Å². The summed E-state index contributed by atoms with van der Waals surface area (Å²) in [7, 11) is 0. The summed E-state index contributed by atoms with van der Waals surface area (Å²) in [6.45, 7) is 2.78. The Kier molecular flexibility index (Phi) is 2.82. The van der Waals surface area contributed by atoms with Crippen molar-refractivity contribution in [2.75, 3.05) is 6.79 Å². The zero-order valence-electron chi connectivity index (χ0n) is 8.84. The maximum atomic E-state index is 10.9. The average Bonchev–Trinajstić information content (AvgIpc) is 2.74. The fourth-order valence-corrected chi connectivity index (χ4v) is 1.57. The van der Waals surface area contributed by atoms with Crippen LogP contribution in [0.25, 0.3) is 0 Å². The molecule has 2 rings (SSSR count). The Hall–Kier alpha value is -2.31. The molecule has 17 heavy (non-hydrogen) atoms. The number of nitro benzene ring substituents is 1. The largest absolute Gasteiger partial charge is 0.454 e. The summed E-state index contributed by atoms with van der Waals surface area (Å²) >= 11 is 0. The van der Waals surface area contributed by atoms with Gasteiger partial charge in [-0.05, 0) is 13.0 Å². The third kappa shape index (κ3) is 1.99. The lowest BCUT2D eigenvalue weighted by atomic mass is 10.1. The second-order valence-corrected chi connectivity index (χ2v) is 3.36. The molecule has 0 bridgehead atoms. The molecule has 0 spiro atoms. The summed E-state index contributed by atoms with van der Waals surface area (Å²) in [5.41, 5.74) is 0.0552. The van der Waals surface area contributed by atoms with Gasteiger partial charge in [0, 0.05) is 0 Å². The van der Waals surface area contributed by atoms with Gasteiger partial charge in [0.15, 0.2) is 11.5 Å². The van der Waals surface area contributed by atoms with E-state index in [0.29, 0.717) is 11.5 Å². The van der Waals surface area contributed by atoms with E-state index in [2.05, 4.69) is 4.74 Å². The van der Waals surface area contributed by atoms with Crippen LogP contribution in [-0.4, -0.2) is 18.2 Å². The topological polar surface area (TPSA) is 87.9 Å². The molecular formula is C10H8NO6. The Bertz CT molecular complexity index is 472. The van der Waals surface area contributed by atoms with Crippen molar-refractivity contribution in [3.63, 3.8) is 0 Å². The van der Waals surface area contributed by atoms with Gasteiger partial charge in [0.2, 0.25) is 6.79 Å². The van der Waals surface area contributed by atoms with Crippen molar-refractivity contribution >= 4 is 12.2 Å². The van der Waals surface area contributed by atoms with Crippen LogP contribution in [0.15, 0.2) is 12.1 Å². The van der Waals surface area contributed by atoms with Crippen LogP contribution in [0, 0.1) is 10.1 Å². The maximum Gasteiger partial charge on any atom is 0.418 e. The van der Waals surface area contributed by atoms with E-state index in [1.807, 2.05) is 0 Å². The molecule has 1 heterocycles. The number of nitro groups is 1. The fraction of sp³-hybridized carbons (Fsp3) is 0.300. The van der Waals surface area contributed by atoms with Gasteiger partial charge in [-0.1, -0.05) is 0 Å². The SMILES string of the molecule is CC(O[C]=O)c1cc2c(cc1[N+](=O)[O-])OCO2. The third-order valence-corrected chi connectivity index (χ3v) is 2.38. The van der Waals surface area contributed by atoms with Gasteiger partial charge in [-0.15, -0.1) is 0 Å². The quantitative estimate of drug-likeness (QED) is 0.583. The number of hydrogen-bond acceptors (Lipinski definition) is 6. The molecule has 1 unspecified atom stereocenters. The molecule has 1 aromatic carbocycles. The molecule has 1 aliphatic heterocycles. The summed E-state index contributed by atoms with van der Waals surface area (Å²) in [6, 6.07) is 2.69. The van der Waals surface area contributed by atoms with Crippen molar-refractivity contribution in [3.05, 3.63) is 27.8 Å².